The molecule has 1 aromatic rings. The van der Waals surface area contributed by atoms with E-state index in [0.29, 0.717) is 11.3 Å². The van der Waals surface area contributed by atoms with Crippen molar-refractivity contribution in [3.05, 3.63) is 42.0 Å². The van der Waals surface area contributed by atoms with E-state index in [2.05, 4.69) is 0 Å². The monoisotopic (exact) mass is 234 g/mol. The molecule has 2 N–H and O–H groups in total. The van der Waals surface area contributed by atoms with Crippen LogP contribution in [0.4, 0.5) is 0 Å². The molecule has 0 aromatic heterocycles. The molecule has 0 aliphatic heterocycles. The van der Waals surface area contributed by atoms with Crippen LogP contribution < -0.4 is 4.74 Å². The number of allylic oxidation sites excluding steroid dienone is 1. The quantitative estimate of drug-likeness (QED) is 0.805. The zero-order chi connectivity index (χ0) is 12.5. The van der Waals surface area contributed by atoms with Crippen LogP contribution in [0, 0.1) is 0 Å². The molecule has 4 heteroatoms. The Bertz CT molecular complexity index is 449. The van der Waals surface area contributed by atoms with Crippen molar-refractivity contribution in [2.24, 2.45) is 0 Å². The standard InChI is InChI=1S/C13H14O4/c1-17-10-4-2-9(3-5-10)12-11(15)6-7-13(12,16)8-14/h2-7,12,14,16H,8H2,1H3. The Morgan fingerprint density at radius 3 is 2.53 bits per heavy atom. The van der Waals surface area contributed by atoms with Crippen molar-refractivity contribution in [3.63, 3.8) is 0 Å². The molecule has 2 unspecified atom stereocenters. The number of hydrogen-bond donors (Lipinski definition) is 2. The van der Waals surface area contributed by atoms with Crippen molar-refractivity contribution in [1.82, 2.24) is 0 Å². The van der Waals surface area contributed by atoms with Gasteiger partial charge >= 0.3 is 0 Å². The van der Waals surface area contributed by atoms with Crippen LogP contribution in [0.1, 0.15) is 11.5 Å². The summed E-state index contributed by atoms with van der Waals surface area (Å²) in [6.45, 7) is -0.480. The Kier molecular flexibility index (Phi) is 3.00. The lowest BCUT2D eigenvalue weighted by molar-refractivity contribution is -0.119. The van der Waals surface area contributed by atoms with E-state index in [9.17, 15) is 15.0 Å². The molecule has 17 heavy (non-hydrogen) atoms. The lowest BCUT2D eigenvalue weighted by atomic mass is 9.84. The molecule has 1 aliphatic carbocycles. The number of methoxy groups -OCH3 is 1. The number of ether oxygens (including phenoxy) is 1. The highest BCUT2D eigenvalue weighted by Gasteiger charge is 2.43. The van der Waals surface area contributed by atoms with Gasteiger partial charge < -0.3 is 14.9 Å². The summed E-state index contributed by atoms with van der Waals surface area (Å²) in [4.78, 5) is 11.7. The van der Waals surface area contributed by atoms with Crippen molar-refractivity contribution in [2.45, 2.75) is 11.5 Å². The summed E-state index contributed by atoms with van der Waals surface area (Å²) in [6.07, 6.45) is 2.66. The number of benzene rings is 1. The third-order valence-electron chi connectivity index (χ3n) is 3.02. The minimum atomic E-state index is -1.49. The Morgan fingerprint density at radius 2 is 2.00 bits per heavy atom. The molecule has 1 aliphatic rings. The van der Waals surface area contributed by atoms with Gasteiger partial charge in [0.25, 0.3) is 0 Å². The molecule has 0 saturated heterocycles. The van der Waals surface area contributed by atoms with Crippen LogP contribution in [0.15, 0.2) is 36.4 Å². The molecule has 2 atom stereocenters. The van der Waals surface area contributed by atoms with Gasteiger partial charge in [-0.15, -0.1) is 0 Å². The van der Waals surface area contributed by atoms with Crippen LogP contribution in [0.2, 0.25) is 0 Å². The number of carbonyl (C=O) groups is 1. The van der Waals surface area contributed by atoms with Gasteiger partial charge in [-0.2, -0.15) is 0 Å². The van der Waals surface area contributed by atoms with E-state index in [0.717, 1.165) is 0 Å². The van der Waals surface area contributed by atoms with E-state index < -0.39 is 18.1 Å². The van der Waals surface area contributed by atoms with Crippen molar-refractivity contribution in [3.8, 4) is 5.75 Å². The molecule has 4 nitrogen and oxygen atoms in total. The van der Waals surface area contributed by atoms with Gasteiger partial charge in [-0.25, -0.2) is 0 Å². The molecule has 2 rings (SSSR count). The topological polar surface area (TPSA) is 66.8 Å². The highest BCUT2D eigenvalue weighted by Crippen LogP contribution is 2.36. The van der Waals surface area contributed by atoms with Crippen molar-refractivity contribution in [2.75, 3.05) is 13.7 Å². The fraction of sp³-hybridized carbons (Fsp3) is 0.308. The molecule has 90 valence electrons. The molecule has 0 radical (unpaired) electrons. The molecule has 0 saturated carbocycles. The molecule has 1 aromatic carbocycles. The van der Waals surface area contributed by atoms with Crippen LogP contribution in [-0.4, -0.2) is 35.3 Å². The summed E-state index contributed by atoms with van der Waals surface area (Å²) >= 11 is 0. The normalized spacial score (nSPS) is 27.5. The maximum absolute atomic E-state index is 11.7. The van der Waals surface area contributed by atoms with E-state index in [-0.39, 0.29) is 5.78 Å². The maximum Gasteiger partial charge on any atom is 0.166 e. The highest BCUT2D eigenvalue weighted by molar-refractivity contribution is 5.99. The van der Waals surface area contributed by atoms with Gasteiger partial charge in [0.05, 0.1) is 19.6 Å². The van der Waals surface area contributed by atoms with Crippen molar-refractivity contribution >= 4 is 5.78 Å². The van der Waals surface area contributed by atoms with Gasteiger partial charge in [0.1, 0.15) is 11.4 Å². The van der Waals surface area contributed by atoms with Gasteiger partial charge in [0, 0.05) is 0 Å². The van der Waals surface area contributed by atoms with Gasteiger partial charge in [-0.3, -0.25) is 4.79 Å². The molecule has 0 spiro atoms. The second kappa shape index (κ2) is 4.31. The highest BCUT2D eigenvalue weighted by atomic mass is 16.5. The first-order valence-electron chi connectivity index (χ1n) is 5.31. The minimum absolute atomic E-state index is 0.202. The number of aliphatic hydroxyl groups is 2. The van der Waals surface area contributed by atoms with Gasteiger partial charge in [-0.05, 0) is 29.8 Å². The van der Waals surface area contributed by atoms with E-state index in [1.54, 1.807) is 31.4 Å². The first-order valence-corrected chi connectivity index (χ1v) is 5.31. The van der Waals surface area contributed by atoms with E-state index >= 15 is 0 Å². The second-order valence-corrected chi connectivity index (χ2v) is 4.09. The number of ketones is 1. The van der Waals surface area contributed by atoms with Gasteiger partial charge in [-0.1, -0.05) is 12.1 Å². The minimum Gasteiger partial charge on any atom is -0.497 e. The average Bonchev–Trinajstić information content (AvgIpc) is 2.66. The SMILES string of the molecule is COc1ccc(C2C(=O)C=CC2(O)CO)cc1. The van der Waals surface area contributed by atoms with Gasteiger partial charge in [0.2, 0.25) is 0 Å². The Morgan fingerprint density at radius 1 is 1.35 bits per heavy atom. The predicted molar refractivity (Wildman–Crippen MR) is 61.9 cm³/mol. The first kappa shape index (κ1) is 11.8. The smallest absolute Gasteiger partial charge is 0.166 e. The number of rotatable bonds is 3. The predicted octanol–water partition coefficient (Wildman–Crippen LogP) is 0.641. The zero-order valence-corrected chi connectivity index (χ0v) is 9.46. The third-order valence-corrected chi connectivity index (χ3v) is 3.02. The van der Waals surface area contributed by atoms with Crippen molar-refractivity contribution in [1.29, 1.82) is 0 Å². The van der Waals surface area contributed by atoms with E-state index in [1.807, 2.05) is 0 Å². The number of hydrogen-bond acceptors (Lipinski definition) is 4. The molecule has 0 amide bonds. The van der Waals surface area contributed by atoms with Crippen LogP contribution in [0.25, 0.3) is 0 Å². The van der Waals surface area contributed by atoms with Crippen LogP contribution in [-0.2, 0) is 4.79 Å². The lowest BCUT2D eigenvalue weighted by Crippen LogP contribution is -2.37. The lowest BCUT2D eigenvalue weighted by Gasteiger charge is -2.26. The third kappa shape index (κ3) is 1.97. The van der Waals surface area contributed by atoms with Crippen molar-refractivity contribution < 1.29 is 19.7 Å². The molecular weight excluding hydrogens is 220 g/mol. The Labute approximate surface area is 99.2 Å². The van der Waals surface area contributed by atoms with E-state index in [4.69, 9.17) is 4.74 Å². The fourth-order valence-electron chi connectivity index (χ4n) is 2.06. The summed E-state index contributed by atoms with van der Waals surface area (Å²) in [6, 6.07) is 6.88. The van der Waals surface area contributed by atoms with Crippen LogP contribution in [0.5, 0.6) is 5.75 Å². The number of aliphatic hydroxyl groups excluding tert-OH is 1. The Balaban J connectivity index is 2.35. The zero-order valence-electron chi connectivity index (χ0n) is 9.46. The van der Waals surface area contributed by atoms with Gasteiger partial charge in [0.15, 0.2) is 5.78 Å². The molecular formula is C13H14O4. The summed E-state index contributed by atoms with van der Waals surface area (Å²) in [5, 5.41) is 19.3. The molecule has 0 heterocycles. The van der Waals surface area contributed by atoms with Crippen LogP contribution >= 0.6 is 0 Å². The number of carbonyl (C=O) groups excluding carboxylic acids is 1. The second-order valence-electron chi connectivity index (χ2n) is 4.09. The van der Waals surface area contributed by atoms with E-state index in [1.165, 1.54) is 12.2 Å². The summed E-state index contributed by atoms with van der Waals surface area (Å²) < 4.78 is 5.02. The summed E-state index contributed by atoms with van der Waals surface area (Å²) in [7, 11) is 1.56. The first-order chi connectivity index (χ1) is 8.10. The Hall–Kier alpha value is -1.65. The maximum atomic E-state index is 11.7. The summed E-state index contributed by atoms with van der Waals surface area (Å²) in [5.74, 6) is -0.259. The largest absolute Gasteiger partial charge is 0.497 e. The molecule has 0 bridgehead atoms. The van der Waals surface area contributed by atoms with Crippen LogP contribution in [0.3, 0.4) is 0 Å². The fourth-order valence-corrected chi connectivity index (χ4v) is 2.06. The summed E-state index contributed by atoms with van der Waals surface area (Å²) in [5.41, 5.74) is -0.830. The average molecular weight is 234 g/mol. The molecule has 0 fully saturated rings.